The third-order valence-corrected chi connectivity index (χ3v) is 4.96. The number of halogens is 1. The first-order valence-corrected chi connectivity index (χ1v) is 8.30. The first-order chi connectivity index (χ1) is 10.5. The molecule has 0 atom stereocenters. The van der Waals surface area contributed by atoms with Crippen LogP contribution in [0.25, 0.3) is 21.2 Å². The normalized spacial score (nSPS) is 15.2. The van der Waals surface area contributed by atoms with E-state index in [9.17, 15) is 0 Å². The number of hydrogen-bond donors (Lipinski definition) is 0. The first-order valence-electron chi connectivity index (χ1n) is 6.76. The number of thioether (sulfide) groups is 1. The second-order valence-corrected chi connectivity index (χ2v) is 7.02. The van der Waals surface area contributed by atoms with Crippen LogP contribution in [0.5, 0.6) is 5.88 Å². The molecule has 1 fully saturated rings. The molecule has 0 N–H and O–H groups in total. The van der Waals surface area contributed by atoms with E-state index in [1.165, 1.54) is 0 Å². The molecule has 2 aromatic rings. The number of ether oxygens (including phenoxy) is 1. The van der Waals surface area contributed by atoms with Crippen molar-refractivity contribution in [3.63, 3.8) is 0 Å². The van der Waals surface area contributed by atoms with E-state index < -0.39 is 5.54 Å². The Bertz CT molecular complexity index is 771. The molecule has 6 nitrogen and oxygen atoms in total. The Labute approximate surface area is 136 Å². The van der Waals surface area contributed by atoms with Crippen molar-refractivity contribution in [2.75, 3.05) is 11.5 Å². The topological polar surface area (TPSA) is 83.8 Å². The molecule has 0 aliphatic carbocycles. The van der Waals surface area contributed by atoms with Crippen LogP contribution in [0.15, 0.2) is 23.6 Å². The predicted octanol–water partition coefficient (Wildman–Crippen LogP) is 4.32. The van der Waals surface area contributed by atoms with Crippen molar-refractivity contribution in [1.82, 2.24) is 9.97 Å². The molecule has 0 bridgehead atoms. The quantitative estimate of drug-likeness (QED) is 0.360. The highest BCUT2D eigenvalue weighted by molar-refractivity contribution is 8.00. The molecule has 2 aromatic heterocycles. The largest absolute Gasteiger partial charge is 0.472 e. The Hall–Kier alpha value is -1.69. The van der Waals surface area contributed by atoms with E-state index in [1.54, 1.807) is 18.5 Å². The Balaban J connectivity index is 2.16. The molecule has 8 heteroatoms. The average Bonchev–Trinajstić information content (AvgIpc) is 2.42. The van der Waals surface area contributed by atoms with Gasteiger partial charge in [-0.2, -0.15) is 11.8 Å². The molecule has 0 saturated carbocycles. The molecule has 1 saturated heterocycles. The number of aromatic nitrogens is 2. The average molecular weight is 336 g/mol. The van der Waals surface area contributed by atoms with E-state index in [-0.39, 0.29) is 6.10 Å². The van der Waals surface area contributed by atoms with Gasteiger partial charge in [-0.15, -0.1) is 0 Å². The van der Waals surface area contributed by atoms with Gasteiger partial charge < -0.3 is 4.74 Å². The van der Waals surface area contributed by atoms with Gasteiger partial charge in [-0.1, -0.05) is 30.6 Å². The smallest absolute Gasteiger partial charge is 0.223 e. The number of azide groups is 1. The zero-order valence-electron chi connectivity index (χ0n) is 12.2. The minimum absolute atomic E-state index is 0.187. The van der Waals surface area contributed by atoms with Crippen molar-refractivity contribution in [3.05, 3.63) is 39.6 Å². The van der Waals surface area contributed by atoms with Crippen molar-refractivity contribution in [2.24, 2.45) is 5.11 Å². The van der Waals surface area contributed by atoms with Crippen LogP contribution in [0.4, 0.5) is 0 Å². The Morgan fingerprint density at radius 2 is 2.14 bits per heavy atom. The van der Waals surface area contributed by atoms with Crippen molar-refractivity contribution in [1.29, 1.82) is 0 Å². The number of hydrogen-bond acceptors (Lipinski definition) is 5. The third kappa shape index (κ3) is 2.79. The van der Waals surface area contributed by atoms with Crippen molar-refractivity contribution in [3.8, 4) is 5.88 Å². The molecule has 22 heavy (non-hydrogen) atoms. The van der Waals surface area contributed by atoms with E-state index >= 15 is 0 Å². The molecule has 3 heterocycles. The lowest BCUT2D eigenvalue weighted by molar-refractivity contribution is 0.234. The van der Waals surface area contributed by atoms with Gasteiger partial charge in [0.05, 0.1) is 10.9 Å². The van der Waals surface area contributed by atoms with E-state index in [2.05, 4.69) is 20.0 Å². The van der Waals surface area contributed by atoms with Gasteiger partial charge in [-0.3, -0.25) is 0 Å². The summed E-state index contributed by atoms with van der Waals surface area (Å²) in [6.45, 7) is 3.67. The summed E-state index contributed by atoms with van der Waals surface area (Å²) in [5, 5.41) is 5.85. The van der Waals surface area contributed by atoms with Crippen LogP contribution in [0.1, 0.15) is 19.4 Å². The van der Waals surface area contributed by atoms with E-state index in [0.29, 0.717) is 11.0 Å². The molecular formula is C14H14ClN5OS. The van der Waals surface area contributed by atoms with Crippen molar-refractivity contribution >= 4 is 34.1 Å². The highest BCUT2D eigenvalue weighted by Crippen LogP contribution is 2.36. The van der Waals surface area contributed by atoms with Crippen molar-refractivity contribution in [2.45, 2.75) is 25.5 Å². The molecular weight excluding hydrogens is 322 g/mol. The maximum absolute atomic E-state index is 8.78. The fraction of sp³-hybridized carbons (Fsp3) is 0.429. The second kappa shape index (κ2) is 5.83. The standard InChI is InChI=1S/C14H14ClN5OS/c1-14(2,19-20-16)11-5-18-13(21-8-6-22-7-8)10-4-17-12(15)3-9(10)11/h3-5,8H,6-7H2,1-2H3. The lowest BCUT2D eigenvalue weighted by atomic mass is 9.93. The van der Waals surface area contributed by atoms with Gasteiger partial charge in [-0.25, -0.2) is 9.97 Å². The van der Waals surface area contributed by atoms with Crippen LogP contribution in [0, 0.1) is 0 Å². The first kappa shape index (κ1) is 15.2. The van der Waals surface area contributed by atoms with Gasteiger partial charge in [0.15, 0.2) is 0 Å². The fourth-order valence-electron chi connectivity index (χ4n) is 2.27. The summed E-state index contributed by atoms with van der Waals surface area (Å²) < 4.78 is 5.91. The van der Waals surface area contributed by atoms with Crippen LogP contribution in [-0.2, 0) is 5.54 Å². The third-order valence-electron chi connectivity index (χ3n) is 3.54. The predicted molar refractivity (Wildman–Crippen MR) is 88.5 cm³/mol. The van der Waals surface area contributed by atoms with Crippen LogP contribution in [0.2, 0.25) is 5.15 Å². The zero-order chi connectivity index (χ0) is 15.7. The summed E-state index contributed by atoms with van der Waals surface area (Å²) in [7, 11) is 0. The SMILES string of the molecule is CC(C)(N=[N+]=[N-])c1cnc(OC2CSC2)c2cnc(Cl)cc12. The lowest BCUT2D eigenvalue weighted by Crippen LogP contribution is -2.31. The van der Waals surface area contributed by atoms with Crippen LogP contribution >= 0.6 is 23.4 Å². The van der Waals surface area contributed by atoms with Crippen LogP contribution in [0.3, 0.4) is 0 Å². The van der Waals surface area contributed by atoms with Crippen molar-refractivity contribution < 1.29 is 4.74 Å². The van der Waals surface area contributed by atoms with E-state index in [0.717, 1.165) is 27.8 Å². The summed E-state index contributed by atoms with van der Waals surface area (Å²) in [5.41, 5.74) is 8.83. The van der Waals surface area contributed by atoms with Gasteiger partial charge in [0.1, 0.15) is 11.3 Å². The molecule has 1 aliphatic heterocycles. The molecule has 0 spiro atoms. The molecule has 1 aliphatic rings. The zero-order valence-corrected chi connectivity index (χ0v) is 13.7. The Morgan fingerprint density at radius 3 is 2.77 bits per heavy atom. The molecule has 3 rings (SSSR count). The number of fused-ring (bicyclic) bond motifs is 1. The molecule has 0 radical (unpaired) electrons. The summed E-state index contributed by atoms with van der Waals surface area (Å²) in [5.74, 6) is 2.48. The summed E-state index contributed by atoms with van der Waals surface area (Å²) in [6.07, 6.45) is 3.53. The highest BCUT2D eigenvalue weighted by Gasteiger charge is 2.26. The highest BCUT2D eigenvalue weighted by atomic mass is 35.5. The second-order valence-electron chi connectivity index (χ2n) is 5.56. The van der Waals surface area contributed by atoms with E-state index in [4.69, 9.17) is 21.9 Å². The fourth-order valence-corrected chi connectivity index (χ4v) is 2.99. The van der Waals surface area contributed by atoms with Gasteiger partial charge >= 0.3 is 0 Å². The van der Waals surface area contributed by atoms with E-state index in [1.807, 2.05) is 25.6 Å². The van der Waals surface area contributed by atoms with Gasteiger partial charge in [0, 0.05) is 28.8 Å². The summed E-state index contributed by atoms with van der Waals surface area (Å²) in [4.78, 5) is 11.5. The van der Waals surface area contributed by atoms with Gasteiger partial charge in [0.2, 0.25) is 5.88 Å². The number of nitrogens with zero attached hydrogens (tertiary/aromatic N) is 5. The monoisotopic (exact) mass is 335 g/mol. The Morgan fingerprint density at radius 1 is 1.36 bits per heavy atom. The Kier molecular flexibility index (Phi) is 4.04. The van der Waals surface area contributed by atoms with Gasteiger partial charge in [-0.05, 0) is 22.5 Å². The molecule has 0 unspecified atom stereocenters. The molecule has 0 aromatic carbocycles. The van der Waals surface area contributed by atoms with Gasteiger partial charge in [0.25, 0.3) is 0 Å². The molecule has 0 amide bonds. The maximum Gasteiger partial charge on any atom is 0.223 e. The van der Waals surface area contributed by atoms with Crippen LogP contribution < -0.4 is 4.74 Å². The minimum atomic E-state index is -0.741. The number of rotatable bonds is 4. The lowest BCUT2D eigenvalue weighted by Gasteiger charge is -2.27. The summed E-state index contributed by atoms with van der Waals surface area (Å²) in [6, 6.07) is 1.75. The number of pyridine rings is 2. The maximum atomic E-state index is 8.78. The minimum Gasteiger partial charge on any atom is -0.472 e. The molecule has 114 valence electrons. The van der Waals surface area contributed by atoms with Crippen LogP contribution in [-0.4, -0.2) is 27.6 Å². The summed E-state index contributed by atoms with van der Waals surface area (Å²) >= 11 is 7.88.